The van der Waals surface area contributed by atoms with Gasteiger partial charge >= 0.3 is 0 Å². The Bertz CT molecular complexity index is 278. The number of hydrogen-bond acceptors (Lipinski definition) is 3. The molecule has 1 atom stereocenters. The molecule has 1 N–H and O–H groups in total. The van der Waals surface area contributed by atoms with Crippen LogP contribution in [0.15, 0.2) is 4.36 Å². The van der Waals surface area contributed by atoms with Crippen molar-refractivity contribution in [2.45, 2.75) is 18.9 Å². The molecule has 1 rings (SSSR count). The molecular formula is C7H14N2O2S. The van der Waals surface area contributed by atoms with Gasteiger partial charge in [0.1, 0.15) is 0 Å². The van der Waals surface area contributed by atoms with Crippen molar-refractivity contribution in [1.82, 2.24) is 5.32 Å². The first-order chi connectivity index (χ1) is 5.49. The maximum atomic E-state index is 11.3. The second kappa shape index (κ2) is 3.53. The molecule has 0 saturated carbocycles. The third-order valence-corrected chi connectivity index (χ3v) is 2.29. The Hall–Kier alpha value is -0.420. The monoisotopic (exact) mass is 190 g/mol. The largest absolute Gasteiger partial charge is 0.306 e. The molecule has 0 bridgehead atoms. The van der Waals surface area contributed by atoms with E-state index in [1.165, 1.54) is 12.5 Å². The van der Waals surface area contributed by atoms with Gasteiger partial charge in [-0.05, 0) is 19.4 Å². The topological polar surface area (TPSA) is 58.5 Å². The van der Waals surface area contributed by atoms with Gasteiger partial charge in [0, 0.05) is 22.2 Å². The maximum absolute atomic E-state index is 11.3. The Morgan fingerprint density at radius 2 is 2.25 bits per heavy atom. The van der Waals surface area contributed by atoms with Gasteiger partial charge in [-0.1, -0.05) is 0 Å². The Kier molecular flexibility index (Phi) is 2.85. The molecule has 0 radical (unpaired) electrons. The molecule has 0 aromatic carbocycles. The van der Waals surface area contributed by atoms with Crippen LogP contribution >= 0.6 is 0 Å². The van der Waals surface area contributed by atoms with Crippen molar-refractivity contribution in [3.8, 4) is 0 Å². The summed E-state index contributed by atoms with van der Waals surface area (Å²) in [6, 6.07) is -0.189. The van der Waals surface area contributed by atoms with Crippen molar-refractivity contribution >= 4 is 15.6 Å². The average Bonchev–Trinajstić information content (AvgIpc) is 2.32. The number of nitrogens with zero attached hydrogens (tertiary/aromatic N) is 1. The highest BCUT2D eigenvalue weighted by molar-refractivity contribution is 7.92. The summed E-state index contributed by atoms with van der Waals surface area (Å²) < 4.78 is 14.8. The lowest BCUT2D eigenvalue weighted by Gasteiger charge is -2.03. The molecule has 5 heteroatoms. The Labute approximate surface area is 72.9 Å². The first-order valence-electron chi connectivity index (χ1n) is 3.93. The maximum Gasteiger partial charge on any atom is 0.270 e. The molecule has 1 aliphatic heterocycles. The van der Waals surface area contributed by atoms with E-state index >= 15 is 0 Å². The van der Waals surface area contributed by atoms with E-state index < -0.39 is 9.73 Å². The number of carbonyl (C=O) groups excluding carboxylic acids is 1. The standard InChI is InChI=1S/C7H14N2O2S/c1-12(2,11)9-7(10)6-4-3-5-8-6/h6,8H,3-5H2,1-2H3/t6-/m0/s1. The van der Waals surface area contributed by atoms with E-state index in [0.29, 0.717) is 0 Å². The van der Waals surface area contributed by atoms with Crippen molar-refractivity contribution in [2.75, 3.05) is 19.1 Å². The fourth-order valence-corrected chi connectivity index (χ4v) is 1.74. The van der Waals surface area contributed by atoms with Crippen molar-refractivity contribution < 1.29 is 9.00 Å². The van der Waals surface area contributed by atoms with E-state index in [-0.39, 0.29) is 11.9 Å². The van der Waals surface area contributed by atoms with Gasteiger partial charge in [0.15, 0.2) is 0 Å². The summed E-state index contributed by atoms with van der Waals surface area (Å²) in [6.07, 6.45) is 4.76. The second-order valence-corrected chi connectivity index (χ2v) is 5.80. The molecule has 1 amide bonds. The zero-order valence-electron chi connectivity index (χ0n) is 7.37. The highest BCUT2D eigenvalue weighted by atomic mass is 32.2. The minimum atomic E-state index is -2.28. The molecule has 70 valence electrons. The molecule has 4 nitrogen and oxygen atoms in total. The van der Waals surface area contributed by atoms with Crippen molar-refractivity contribution in [1.29, 1.82) is 0 Å². The van der Waals surface area contributed by atoms with E-state index in [4.69, 9.17) is 0 Å². The fraction of sp³-hybridized carbons (Fsp3) is 0.857. The zero-order valence-corrected chi connectivity index (χ0v) is 8.19. The number of carbonyl (C=O) groups is 1. The average molecular weight is 190 g/mol. The van der Waals surface area contributed by atoms with Gasteiger partial charge < -0.3 is 5.32 Å². The van der Waals surface area contributed by atoms with Crippen LogP contribution in [0.2, 0.25) is 0 Å². The van der Waals surface area contributed by atoms with Crippen molar-refractivity contribution in [3.05, 3.63) is 0 Å². The lowest BCUT2D eigenvalue weighted by Crippen LogP contribution is -2.29. The lowest BCUT2D eigenvalue weighted by atomic mass is 10.2. The summed E-state index contributed by atoms with van der Waals surface area (Å²) in [5.41, 5.74) is 0. The van der Waals surface area contributed by atoms with E-state index in [9.17, 15) is 9.00 Å². The van der Waals surface area contributed by atoms with Crippen LogP contribution in [0.5, 0.6) is 0 Å². The molecule has 0 aromatic rings. The Morgan fingerprint density at radius 1 is 1.58 bits per heavy atom. The van der Waals surface area contributed by atoms with Crippen molar-refractivity contribution in [3.63, 3.8) is 0 Å². The van der Waals surface area contributed by atoms with Gasteiger partial charge in [0.25, 0.3) is 5.91 Å². The molecule has 0 aromatic heterocycles. The van der Waals surface area contributed by atoms with Crippen LogP contribution in [0, 0.1) is 0 Å². The molecular weight excluding hydrogens is 176 g/mol. The van der Waals surface area contributed by atoms with Crippen LogP contribution in [0.3, 0.4) is 0 Å². The summed E-state index contributed by atoms with van der Waals surface area (Å²) in [7, 11) is -2.28. The molecule has 0 spiro atoms. The highest BCUT2D eigenvalue weighted by Gasteiger charge is 2.21. The zero-order chi connectivity index (χ0) is 9.19. The van der Waals surface area contributed by atoms with Gasteiger partial charge in [-0.15, -0.1) is 0 Å². The van der Waals surface area contributed by atoms with Gasteiger partial charge in [0.05, 0.1) is 6.04 Å². The lowest BCUT2D eigenvalue weighted by molar-refractivity contribution is -0.119. The van der Waals surface area contributed by atoms with E-state index in [2.05, 4.69) is 9.68 Å². The minimum Gasteiger partial charge on any atom is -0.306 e. The summed E-state index contributed by atoms with van der Waals surface area (Å²) in [5.74, 6) is -0.262. The van der Waals surface area contributed by atoms with E-state index in [1.54, 1.807) is 0 Å². The smallest absolute Gasteiger partial charge is 0.270 e. The van der Waals surface area contributed by atoms with Crippen molar-refractivity contribution in [2.24, 2.45) is 4.36 Å². The molecule has 12 heavy (non-hydrogen) atoms. The van der Waals surface area contributed by atoms with Gasteiger partial charge in [-0.3, -0.25) is 4.79 Å². The number of rotatable bonds is 1. The summed E-state index contributed by atoms with van der Waals surface area (Å²) >= 11 is 0. The number of hydrogen-bond donors (Lipinski definition) is 1. The van der Waals surface area contributed by atoms with Crippen LogP contribution in [-0.4, -0.2) is 35.2 Å². The molecule has 1 fully saturated rings. The minimum absolute atomic E-state index is 0.189. The second-order valence-electron chi connectivity index (χ2n) is 3.26. The Balaban J connectivity index is 2.66. The normalized spacial score (nSPS) is 24.0. The summed E-state index contributed by atoms with van der Waals surface area (Å²) in [5, 5.41) is 3.01. The van der Waals surface area contributed by atoms with Crippen LogP contribution in [0.1, 0.15) is 12.8 Å². The molecule has 0 aliphatic carbocycles. The molecule has 1 aliphatic rings. The summed E-state index contributed by atoms with van der Waals surface area (Å²) in [4.78, 5) is 11.3. The predicted molar refractivity (Wildman–Crippen MR) is 48.5 cm³/mol. The molecule has 1 saturated heterocycles. The first-order valence-corrected chi connectivity index (χ1v) is 6.26. The third-order valence-electron chi connectivity index (χ3n) is 1.67. The van der Waals surface area contributed by atoms with Crippen LogP contribution < -0.4 is 5.32 Å². The Morgan fingerprint density at radius 3 is 2.67 bits per heavy atom. The van der Waals surface area contributed by atoms with E-state index in [0.717, 1.165) is 19.4 Å². The first kappa shape index (κ1) is 9.67. The van der Waals surface area contributed by atoms with Crippen LogP contribution in [0.4, 0.5) is 0 Å². The predicted octanol–water partition coefficient (Wildman–Crippen LogP) is -0.00740. The summed E-state index contributed by atoms with van der Waals surface area (Å²) in [6.45, 7) is 0.862. The number of nitrogens with one attached hydrogen (secondary N) is 1. The van der Waals surface area contributed by atoms with E-state index in [1.807, 2.05) is 0 Å². The third kappa shape index (κ3) is 2.91. The van der Waals surface area contributed by atoms with Crippen LogP contribution in [0.25, 0.3) is 0 Å². The quantitative estimate of drug-likeness (QED) is 0.633. The molecule has 1 heterocycles. The SMILES string of the molecule is CS(C)(=O)=NC(=O)[C@@H]1CCCN1. The highest BCUT2D eigenvalue weighted by Crippen LogP contribution is 2.06. The van der Waals surface area contributed by atoms with Gasteiger partial charge in [0.2, 0.25) is 0 Å². The van der Waals surface area contributed by atoms with Gasteiger partial charge in [-0.2, -0.15) is 4.36 Å². The number of amides is 1. The molecule has 0 unspecified atom stereocenters. The van der Waals surface area contributed by atoms with Gasteiger partial charge in [-0.25, -0.2) is 4.21 Å². The fourth-order valence-electron chi connectivity index (χ4n) is 1.18. The van der Waals surface area contributed by atoms with Crippen LogP contribution in [-0.2, 0) is 14.5 Å².